The molecular formula is C10H16FNO3. The predicted molar refractivity (Wildman–Crippen MR) is 52.1 cm³/mol. The number of hydrogen-bond acceptors (Lipinski definition) is 2. The van der Waals surface area contributed by atoms with E-state index in [4.69, 9.17) is 5.11 Å². The highest BCUT2D eigenvalue weighted by molar-refractivity contribution is 5.85. The van der Waals surface area contributed by atoms with Crippen molar-refractivity contribution in [2.24, 2.45) is 11.8 Å². The van der Waals surface area contributed by atoms with Gasteiger partial charge in [0.25, 0.3) is 5.91 Å². The summed E-state index contributed by atoms with van der Waals surface area (Å²) in [6, 6.07) is 0. The quantitative estimate of drug-likeness (QED) is 0.748. The molecule has 4 nitrogen and oxygen atoms in total. The first-order valence-corrected chi connectivity index (χ1v) is 4.94. The number of carbonyl (C=O) groups excluding carboxylic acids is 1. The Hall–Kier alpha value is -1.13. The summed E-state index contributed by atoms with van der Waals surface area (Å²) >= 11 is 0. The number of likely N-dealkylation sites (tertiary alicyclic amines) is 1. The molecule has 2 atom stereocenters. The molecule has 1 heterocycles. The van der Waals surface area contributed by atoms with Gasteiger partial charge >= 0.3 is 5.97 Å². The lowest BCUT2D eigenvalue weighted by Crippen LogP contribution is -2.41. The van der Waals surface area contributed by atoms with Gasteiger partial charge < -0.3 is 10.0 Å². The minimum Gasteiger partial charge on any atom is -0.481 e. The number of rotatable bonds is 2. The van der Waals surface area contributed by atoms with Crippen LogP contribution in [0.2, 0.25) is 0 Å². The van der Waals surface area contributed by atoms with E-state index in [1.807, 2.05) is 0 Å². The zero-order chi connectivity index (χ0) is 11.8. The van der Waals surface area contributed by atoms with Gasteiger partial charge in [0.2, 0.25) is 0 Å². The fourth-order valence-corrected chi connectivity index (χ4v) is 1.83. The van der Waals surface area contributed by atoms with Crippen molar-refractivity contribution in [1.82, 2.24) is 4.90 Å². The maximum absolute atomic E-state index is 13.4. The number of carboxylic acids is 1. The van der Waals surface area contributed by atoms with Gasteiger partial charge in [-0.2, -0.15) is 0 Å². The van der Waals surface area contributed by atoms with Crippen LogP contribution in [0.5, 0.6) is 0 Å². The lowest BCUT2D eigenvalue weighted by molar-refractivity contribution is -0.143. The number of amides is 1. The van der Waals surface area contributed by atoms with E-state index in [9.17, 15) is 14.0 Å². The van der Waals surface area contributed by atoms with E-state index in [0.29, 0.717) is 6.54 Å². The van der Waals surface area contributed by atoms with E-state index in [2.05, 4.69) is 0 Å². The number of carboxylic acid groups (broad SMARTS) is 1. The van der Waals surface area contributed by atoms with E-state index in [-0.39, 0.29) is 12.5 Å². The Morgan fingerprint density at radius 2 is 1.93 bits per heavy atom. The average Bonchev–Trinajstić information content (AvgIpc) is 2.44. The van der Waals surface area contributed by atoms with Gasteiger partial charge in [0.05, 0.1) is 5.92 Å². The zero-order valence-corrected chi connectivity index (χ0v) is 9.16. The molecule has 1 aliphatic rings. The van der Waals surface area contributed by atoms with Gasteiger partial charge in [-0.1, -0.05) is 6.92 Å². The lowest BCUT2D eigenvalue weighted by Gasteiger charge is -2.22. The second kappa shape index (κ2) is 3.79. The monoisotopic (exact) mass is 217 g/mol. The third-order valence-corrected chi connectivity index (χ3v) is 2.73. The smallest absolute Gasteiger partial charge is 0.308 e. The Kier molecular flexibility index (Phi) is 3.02. The highest BCUT2D eigenvalue weighted by Crippen LogP contribution is 2.26. The number of alkyl halides is 1. The van der Waals surface area contributed by atoms with Crippen LogP contribution < -0.4 is 0 Å². The summed E-state index contributed by atoms with van der Waals surface area (Å²) in [5, 5.41) is 8.85. The van der Waals surface area contributed by atoms with Gasteiger partial charge in [-0.15, -0.1) is 0 Å². The number of carbonyl (C=O) groups is 2. The molecule has 1 amide bonds. The first-order valence-electron chi connectivity index (χ1n) is 4.94. The third kappa shape index (κ3) is 2.46. The largest absolute Gasteiger partial charge is 0.481 e. The normalized spacial score (nSPS) is 26.8. The van der Waals surface area contributed by atoms with Crippen LogP contribution in [0.15, 0.2) is 0 Å². The molecule has 0 radical (unpaired) electrons. The summed E-state index contributed by atoms with van der Waals surface area (Å²) in [7, 11) is 0. The van der Waals surface area contributed by atoms with Crippen LogP contribution in [0.1, 0.15) is 20.8 Å². The molecular weight excluding hydrogens is 201 g/mol. The topological polar surface area (TPSA) is 57.6 Å². The SMILES string of the molecule is CC1CN(C(=O)C(C)(C)F)CC1C(=O)O. The Labute approximate surface area is 88.1 Å². The molecule has 1 N–H and O–H groups in total. The van der Waals surface area contributed by atoms with Gasteiger partial charge in [-0.3, -0.25) is 9.59 Å². The predicted octanol–water partition coefficient (Wildman–Crippen LogP) is 0.914. The van der Waals surface area contributed by atoms with Crippen LogP contribution in [0.4, 0.5) is 4.39 Å². The second-order valence-electron chi connectivity index (χ2n) is 4.60. The molecule has 5 heteroatoms. The van der Waals surface area contributed by atoms with Crippen LogP contribution in [0.25, 0.3) is 0 Å². The van der Waals surface area contributed by atoms with Crippen molar-refractivity contribution in [2.45, 2.75) is 26.4 Å². The summed E-state index contributed by atoms with van der Waals surface area (Å²) in [6.45, 7) is 4.57. The van der Waals surface area contributed by atoms with Crippen LogP contribution >= 0.6 is 0 Å². The van der Waals surface area contributed by atoms with Crippen LogP contribution in [0, 0.1) is 11.8 Å². The summed E-state index contributed by atoms with van der Waals surface area (Å²) in [5.74, 6) is -2.24. The fraction of sp³-hybridized carbons (Fsp3) is 0.800. The molecule has 0 bridgehead atoms. The maximum Gasteiger partial charge on any atom is 0.308 e. The van der Waals surface area contributed by atoms with E-state index >= 15 is 0 Å². The maximum atomic E-state index is 13.4. The fourth-order valence-electron chi connectivity index (χ4n) is 1.83. The molecule has 0 aliphatic carbocycles. The van der Waals surface area contributed by atoms with Crippen molar-refractivity contribution in [3.05, 3.63) is 0 Å². The summed E-state index contributed by atoms with van der Waals surface area (Å²) in [4.78, 5) is 23.6. The summed E-state index contributed by atoms with van der Waals surface area (Å²) in [6.07, 6.45) is 0. The van der Waals surface area contributed by atoms with Gasteiger partial charge in [-0.05, 0) is 19.8 Å². The molecule has 1 rings (SSSR count). The summed E-state index contributed by atoms with van der Waals surface area (Å²) in [5.41, 5.74) is -1.92. The molecule has 0 aromatic heterocycles. The van der Waals surface area contributed by atoms with Crippen molar-refractivity contribution in [2.75, 3.05) is 13.1 Å². The molecule has 0 aromatic rings. The molecule has 2 unspecified atom stereocenters. The molecule has 86 valence electrons. The second-order valence-corrected chi connectivity index (χ2v) is 4.60. The Bertz CT molecular complexity index is 285. The number of aliphatic carboxylic acids is 1. The van der Waals surface area contributed by atoms with Gasteiger partial charge in [0, 0.05) is 13.1 Å². The number of hydrogen-bond donors (Lipinski definition) is 1. The third-order valence-electron chi connectivity index (χ3n) is 2.73. The molecule has 0 aromatic carbocycles. The van der Waals surface area contributed by atoms with Crippen molar-refractivity contribution in [1.29, 1.82) is 0 Å². The molecule has 0 spiro atoms. The van der Waals surface area contributed by atoms with Gasteiger partial charge in [-0.25, -0.2) is 4.39 Å². The van der Waals surface area contributed by atoms with E-state index in [1.165, 1.54) is 18.7 Å². The molecule has 1 saturated heterocycles. The van der Waals surface area contributed by atoms with Crippen molar-refractivity contribution in [3.8, 4) is 0 Å². The van der Waals surface area contributed by atoms with Crippen molar-refractivity contribution < 1.29 is 19.1 Å². The minimum atomic E-state index is -1.92. The first kappa shape index (κ1) is 11.9. The lowest BCUT2D eigenvalue weighted by atomic mass is 9.99. The van der Waals surface area contributed by atoms with Crippen LogP contribution in [-0.4, -0.2) is 40.6 Å². The Balaban J connectivity index is 2.71. The van der Waals surface area contributed by atoms with Gasteiger partial charge in [0.1, 0.15) is 0 Å². The van der Waals surface area contributed by atoms with E-state index in [0.717, 1.165) is 0 Å². The highest BCUT2D eigenvalue weighted by Gasteiger charge is 2.41. The average molecular weight is 217 g/mol. The molecule has 1 aliphatic heterocycles. The Morgan fingerprint density at radius 3 is 2.27 bits per heavy atom. The van der Waals surface area contributed by atoms with E-state index in [1.54, 1.807) is 6.92 Å². The molecule has 1 fully saturated rings. The van der Waals surface area contributed by atoms with Crippen molar-refractivity contribution >= 4 is 11.9 Å². The summed E-state index contributed by atoms with van der Waals surface area (Å²) < 4.78 is 13.4. The first-order chi connectivity index (χ1) is 6.73. The van der Waals surface area contributed by atoms with Crippen LogP contribution in [0.3, 0.4) is 0 Å². The number of nitrogens with zero attached hydrogens (tertiary/aromatic N) is 1. The molecule has 0 saturated carbocycles. The highest BCUT2D eigenvalue weighted by atomic mass is 19.1. The van der Waals surface area contributed by atoms with E-state index < -0.39 is 23.5 Å². The van der Waals surface area contributed by atoms with Gasteiger partial charge in [0.15, 0.2) is 5.67 Å². The number of halogens is 1. The Morgan fingerprint density at radius 1 is 1.40 bits per heavy atom. The zero-order valence-electron chi connectivity index (χ0n) is 9.16. The van der Waals surface area contributed by atoms with Crippen molar-refractivity contribution in [3.63, 3.8) is 0 Å². The standard InChI is InChI=1S/C10H16FNO3/c1-6-4-12(5-7(6)8(13)14)9(15)10(2,3)11/h6-7H,4-5H2,1-3H3,(H,13,14). The molecule has 15 heavy (non-hydrogen) atoms. The van der Waals surface area contributed by atoms with Crippen LogP contribution in [-0.2, 0) is 9.59 Å². The minimum absolute atomic E-state index is 0.114.